The van der Waals surface area contributed by atoms with Gasteiger partial charge in [0, 0.05) is 16.5 Å². The van der Waals surface area contributed by atoms with E-state index in [1.165, 1.54) is 5.57 Å². The summed E-state index contributed by atoms with van der Waals surface area (Å²) in [4.78, 5) is 4.47. The Morgan fingerprint density at radius 1 is 1.04 bits per heavy atom. The molecule has 1 aromatic heterocycles. The number of hydrogen-bond donors (Lipinski definition) is 1. The number of hydrogen-bond acceptors (Lipinski definition) is 4. The van der Waals surface area contributed by atoms with Gasteiger partial charge < -0.3 is 14.3 Å². The molecule has 3 aromatic rings. The third-order valence-corrected chi connectivity index (χ3v) is 4.99. The number of nitrogens with zero attached hydrogens (tertiary/aromatic N) is 1. The fraction of sp³-hybridized carbons (Fsp3) is 0.348. The van der Waals surface area contributed by atoms with Gasteiger partial charge in [-0.3, -0.25) is 0 Å². The standard InChI is InChI=1S/C23H25NO3/c1-22(2,3)20-19(26-13-23(20,4)5)15-11-16(25)18-17(12-15)27-21(24-18)14-9-7-6-8-10-14/h6-12,25H,13H2,1-5H3. The van der Waals surface area contributed by atoms with Gasteiger partial charge in [-0.05, 0) is 35.3 Å². The van der Waals surface area contributed by atoms with E-state index in [4.69, 9.17) is 9.15 Å². The molecule has 140 valence electrons. The minimum atomic E-state index is -0.0607. The first-order chi connectivity index (χ1) is 12.7. The SMILES string of the molecule is CC(C)(C)C1=C(c2cc(O)c3nc(-c4ccccc4)oc3c2)OCC1(C)C. The van der Waals surface area contributed by atoms with Crippen LogP contribution in [0.5, 0.6) is 5.75 Å². The zero-order chi connectivity index (χ0) is 19.4. The number of ether oxygens (including phenoxy) is 1. The van der Waals surface area contributed by atoms with Crippen LogP contribution in [0.1, 0.15) is 40.2 Å². The second-order valence-corrected chi connectivity index (χ2v) is 8.85. The van der Waals surface area contributed by atoms with Gasteiger partial charge in [0.25, 0.3) is 0 Å². The Labute approximate surface area is 159 Å². The van der Waals surface area contributed by atoms with Crippen molar-refractivity contribution in [1.82, 2.24) is 4.98 Å². The molecule has 4 rings (SSSR count). The van der Waals surface area contributed by atoms with Crippen LogP contribution in [0.3, 0.4) is 0 Å². The number of phenols is 1. The van der Waals surface area contributed by atoms with Crippen LogP contribution < -0.4 is 0 Å². The van der Waals surface area contributed by atoms with Crippen molar-refractivity contribution in [3.63, 3.8) is 0 Å². The minimum absolute atomic E-state index is 0.0451. The molecule has 0 saturated carbocycles. The first kappa shape index (κ1) is 17.7. The first-order valence-electron chi connectivity index (χ1n) is 9.24. The summed E-state index contributed by atoms with van der Waals surface area (Å²) in [6.45, 7) is 11.6. The summed E-state index contributed by atoms with van der Waals surface area (Å²) < 4.78 is 12.1. The Balaban J connectivity index is 1.89. The van der Waals surface area contributed by atoms with Crippen molar-refractivity contribution in [2.24, 2.45) is 10.8 Å². The number of fused-ring (bicyclic) bond motifs is 1. The smallest absolute Gasteiger partial charge is 0.227 e. The maximum atomic E-state index is 10.6. The van der Waals surface area contributed by atoms with E-state index in [1.807, 2.05) is 36.4 Å². The van der Waals surface area contributed by atoms with Gasteiger partial charge in [0.2, 0.25) is 5.89 Å². The largest absolute Gasteiger partial charge is 0.506 e. The van der Waals surface area contributed by atoms with E-state index >= 15 is 0 Å². The lowest BCUT2D eigenvalue weighted by Crippen LogP contribution is -2.24. The topological polar surface area (TPSA) is 55.5 Å². The van der Waals surface area contributed by atoms with Crippen molar-refractivity contribution in [3.8, 4) is 17.2 Å². The highest BCUT2D eigenvalue weighted by Crippen LogP contribution is 2.50. The van der Waals surface area contributed by atoms with Crippen LogP contribution in [0.15, 0.2) is 52.5 Å². The normalized spacial score (nSPS) is 16.8. The number of aromatic nitrogens is 1. The summed E-state index contributed by atoms with van der Waals surface area (Å²) in [6.07, 6.45) is 0. The number of rotatable bonds is 2. The van der Waals surface area contributed by atoms with Crippen LogP contribution in [0.2, 0.25) is 0 Å². The monoisotopic (exact) mass is 363 g/mol. The van der Waals surface area contributed by atoms with Crippen molar-refractivity contribution >= 4 is 16.9 Å². The lowest BCUT2D eigenvalue weighted by atomic mass is 9.71. The third-order valence-electron chi connectivity index (χ3n) is 4.99. The molecule has 0 saturated heterocycles. The van der Waals surface area contributed by atoms with Crippen molar-refractivity contribution < 1.29 is 14.3 Å². The molecule has 27 heavy (non-hydrogen) atoms. The van der Waals surface area contributed by atoms with Crippen LogP contribution in [0.4, 0.5) is 0 Å². The maximum Gasteiger partial charge on any atom is 0.227 e. The molecule has 1 aliphatic heterocycles. The predicted octanol–water partition coefficient (Wildman–Crippen LogP) is 6.01. The molecule has 2 heterocycles. The average molecular weight is 363 g/mol. The lowest BCUT2D eigenvalue weighted by Gasteiger charge is -2.30. The second-order valence-electron chi connectivity index (χ2n) is 8.85. The molecule has 0 atom stereocenters. The number of benzene rings is 2. The fourth-order valence-electron chi connectivity index (χ4n) is 4.13. The summed E-state index contributed by atoms with van der Waals surface area (Å²) in [5, 5.41) is 10.6. The van der Waals surface area contributed by atoms with Crippen molar-refractivity contribution in [1.29, 1.82) is 0 Å². The van der Waals surface area contributed by atoms with E-state index in [1.54, 1.807) is 6.07 Å². The fourth-order valence-corrected chi connectivity index (χ4v) is 4.13. The lowest BCUT2D eigenvalue weighted by molar-refractivity contribution is 0.213. The quantitative estimate of drug-likeness (QED) is 0.605. The molecule has 0 unspecified atom stereocenters. The zero-order valence-corrected chi connectivity index (χ0v) is 16.5. The zero-order valence-electron chi connectivity index (χ0n) is 16.5. The summed E-state index contributed by atoms with van der Waals surface area (Å²) in [7, 11) is 0. The molecule has 0 aliphatic carbocycles. The third kappa shape index (κ3) is 2.99. The van der Waals surface area contributed by atoms with Gasteiger partial charge in [-0.1, -0.05) is 52.8 Å². The Bertz CT molecular complexity index is 1040. The van der Waals surface area contributed by atoms with Crippen LogP contribution in [0, 0.1) is 10.8 Å². The van der Waals surface area contributed by atoms with Gasteiger partial charge in [0.1, 0.15) is 11.5 Å². The molecule has 4 nitrogen and oxygen atoms in total. The Morgan fingerprint density at radius 3 is 2.41 bits per heavy atom. The molecule has 1 N–H and O–H groups in total. The van der Waals surface area contributed by atoms with Crippen LogP contribution in [-0.2, 0) is 4.74 Å². The van der Waals surface area contributed by atoms with Crippen LogP contribution in [0.25, 0.3) is 28.3 Å². The molecule has 1 aliphatic rings. The Kier molecular flexibility index (Phi) is 3.84. The van der Waals surface area contributed by atoms with Crippen LogP contribution in [-0.4, -0.2) is 16.7 Å². The average Bonchev–Trinajstić information content (AvgIpc) is 3.16. The maximum absolute atomic E-state index is 10.6. The highest BCUT2D eigenvalue weighted by Gasteiger charge is 2.41. The molecule has 4 heteroatoms. The summed E-state index contributed by atoms with van der Waals surface area (Å²) in [5.74, 6) is 1.43. The van der Waals surface area contributed by atoms with Crippen LogP contribution >= 0.6 is 0 Å². The number of oxazole rings is 1. The van der Waals surface area contributed by atoms with Crippen molar-refractivity contribution in [3.05, 3.63) is 53.6 Å². The van der Waals surface area contributed by atoms with E-state index in [0.717, 1.165) is 16.9 Å². The number of aromatic hydroxyl groups is 1. The van der Waals surface area contributed by atoms with E-state index in [9.17, 15) is 5.11 Å². The highest BCUT2D eigenvalue weighted by atomic mass is 16.5. The van der Waals surface area contributed by atoms with E-state index in [-0.39, 0.29) is 16.6 Å². The summed E-state index contributed by atoms with van der Waals surface area (Å²) in [6, 6.07) is 13.3. The van der Waals surface area contributed by atoms with E-state index in [2.05, 4.69) is 39.6 Å². The first-order valence-corrected chi connectivity index (χ1v) is 9.24. The Morgan fingerprint density at radius 2 is 1.74 bits per heavy atom. The van der Waals surface area contributed by atoms with Crippen molar-refractivity contribution in [2.75, 3.05) is 6.61 Å². The second kappa shape index (κ2) is 5.88. The molecule has 0 fully saturated rings. The molecule has 2 aromatic carbocycles. The minimum Gasteiger partial charge on any atom is -0.506 e. The molecular formula is C23H25NO3. The van der Waals surface area contributed by atoms with Gasteiger partial charge in [0.05, 0.1) is 6.61 Å². The van der Waals surface area contributed by atoms with Gasteiger partial charge in [0.15, 0.2) is 11.1 Å². The molecule has 0 bridgehead atoms. The van der Waals surface area contributed by atoms with E-state index < -0.39 is 0 Å². The molecule has 0 radical (unpaired) electrons. The molecular weight excluding hydrogens is 338 g/mol. The number of phenolic OH excluding ortho intramolecular Hbond substituents is 1. The van der Waals surface area contributed by atoms with Gasteiger partial charge in [-0.25, -0.2) is 4.98 Å². The van der Waals surface area contributed by atoms with Crippen molar-refractivity contribution in [2.45, 2.75) is 34.6 Å². The summed E-state index contributed by atoms with van der Waals surface area (Å²) in [5.41, 5.74) is 3.86. The highest BCUT2D eigenvalue weighted by molar-refractivity contribution is 5.86. The summed E-state index contributed by atoms with van der Waals surface area (Å²) >= 11 is 0. The van der Waals surface area contributed by atoms with Gasteiger partial charge >= 0.3 is 0 Å². The molecule has 0 spiro atoms. The molecule has 0 amide bonds. The van der Waals surface area contributed by atoms with Gasteiger partial charge in [-0.15, -0.1) is 0 Å². The Hall–Kier alpha value is -2.75. The predicted molar refractivity (Wildman–Crippen MR) is 107 cm³/mol. The van der Waals surface area contributed by atoms with E-state index in [0.29, 0.717) is 23.6 Å². The van der Waals surface area contributed by atoms with Gasteiger partial charge in [-0.2, -0.15) is 0 Å².